The van der Waals surface area contributed by atoms with E-state index in [0.29, 0.717) is 40.1 Å². The molecule has 192 valence electrons. The third kappa shape index (κ3) is 4.99. The molecular formula is C25H25N5O5S2. The monoisotopic (exact) mass is 539 g/mol. The van der Waals surface area contributed by atoms with E-state index in [0.717, 1.165) is 11.1 Å². The number of nitrogens with two attached hydrogens (primary N) is 1. The third-order valence-corrected chi connectivity index (χ3v) is 9.10. The molecule has 0 bridgehead atoms. The van der Waals surface area contributed by atoms with Crippen LogP contribution in [0, 0.1) is 13.8 Å². The van der Waals surface area contributed by atoms with E-state index in [1.54, 1.807) is 17.7 Å². The molecule has 0 spiro atoms. The Balaban J connectivity index is 1.62. The van der Waals surface area contributed by atoms with E-state index in [9.17, 15) is 21.6 Å². The minimum atomic E-state index is -3.86. The first-order valence-corrected chi connectivity index (χ1v) is 14.9. The van der Waals surface area contributed by atoms with Crippen molar-refractivity contribution in [3.8, 4) is 11.3 Å². The summed E-state index contributed by atoms with van der Waals surface area (Å²) in [6.45, 7) is 3.73. The predicted molar refractivity (Wildman–Crippen MR) is 141 cm³/mol. The van der Waals surface area contributed by atoms with Crippen LogP contribution < -0.4 is 10.5 Å². The predicted octanol–water partition coefficient (Wildman–Crippen LogP) is 2.97. The van der Waals surface area contributed by atoms with Gasteiger partial charge in [0.1, 0.15) is 0 Å². The van der Waals surface area contributed by atoms with Gasteiger partial charge in [0.2, 0.25) is 10.0 Å². The lowest BCUT2D eigenvalue weighted by Crippen LogP contribution is -2.15. The van der Waals surface area contributed by atoms with Gasteiger partial charge in [0, 0.05) is 11.3 Å². The zero-order valence-corrected chi connectivity index (χ0v) is 21.8. The number of rotatable bonds is 5. The van der Waals surface area contributed by atoms with Crippen molar-refractivity contribution in [1.29, 1.82) is 0 Å². The molecule has 4 aromatic rings. The molecular weight excluding hydrogens is 514 g/mol. The molecule has 1 amide bonds. The van der Waals surface area contributed by atoms with E-state index in [4.69, 9.17) is 10.1 Å². The zero-order valence-electron chi connectivity index (χ0n) is 20.2. The number of hydrogen-bond donors (Lipinski definition) is 2. The minimum absolute atomic E-state index is 0.0302. The van der Waals surface area contributed by atoms with Crippen molar-refractivity contribution in [2.24, 2.45) is 5.14 Å². The number of hydrogen-bond acceptors (Lipinski definition) is 7. The summed E-state index contributed by atoms with van der Waals surface area (Å²) >= 11 is 0. The van der Waals surface area contributed by atoms with Gasteiger partial charge in [0.05, 0.1) is 44.8 Å². The van der Waals surface area contributed by atoms with E-state index >= 15 is 0 Å². The van der Waals surface area contributed by atoms with Gasteiger partial charge in [0.25, 0.3) is 5.91 Å². The maximum atomic E-state index is 13.5. The second kappa shape index (κ2) is 9.05. The Bertz CT molecular complexity index is 1740. The normalized spacial score (nSPS) is 17.2. The van der Waals surface area contributed by atoms with Crippen molar-refractivity contribution in [3.63, 3.8) is 0 Å². The topological polar surface area (TPSA) is 154 Å². The number of nitrogens with one attached hydrogen (secondary N) is 1. The van der Waals surface area contributed by atoms with Gasteiger partial charge in [-0.1, -0.05) is 29.8 Å². The first-order valence-electron chi connectivity index (χ1n) is 11.5. The molecule has 3 N–H and O–H groups in total. The quantitative estimate of drug-likeness (QED) is 0.395. The van der Waals surface area contributed by atoms with Crippen LogP contribution in [0.5, 0.6) is 0 Å². The van der Waals surface area contributed by atoms with Crippen LogP contribution in [0.25, 0.3) is 22.3 Å². The molecule has 0 saturated carbocycles. The van der Waals surface area contributed by atoms with Gasteiger partial charge in [-0.25, -0.2) is 31.6 Å². The molecule has 37 heavy (non-hydrogen) atoms. The summed E-state index contributed by atoms with van der Waals surface area (Å²) in [5.74, 6) is -0.388. The van der Waals surface area contributed by atoms with E-state index in [1.807, 2.05) is 31.2 Å². The van der Waals surface area contributed by atoms with Gasteiger partial charge in [-0.05, 0) is 50.6 Å². The summed E-state index contributed by atoms with van der Waals surface area (Å²) < 4.78 is 49.1. The number of nitrogens with zero attached hydrogens (tertiary/aromatic N) is 3. The lowest BCUT2D eigenvalue weighted by Gasteiger charge is -2.13. The highest BCUT2D eigenvalue weighted by molar-refractivity contribution is 7.91. The fourth-order valence-electron chi connectivity index (χ4n) is 4.51. The first kappa shape index (κ1) is 25.1. The zero-order chi connectivity index (χ0) is 26.5. The van der Waals surface area contributed by atoms with Crippen molar-refractivity contribution < 1.29 is 21.6 Å². The molecule has 1 fully saturated rings. The van der Waals surface area contributed by atoms with Gasteiger partial charge in [0.15, 0.2) is 15.5 Å². The van der Waals surface area contributed by atoms with Crippen LogP contribution in [0.4, 0.5) is 5.69 Å². The summed E-state index contributed by atoms with van der Waals surface area (Å²) in [7, 11) is -7.03. The van der Waals surface area contributed by atoms with Gasteiger partial charge in [-0.2, -0.15) is 5.10 Å². The van der Waals surface area contributed by atoms with Crippen LogP contribution in [0.3, 0.4) is 0 Å². The Hall–Kier alpha value is -3.61. The SMILES string of the molecule is Cc1ccc(-c2cc(C(=O)Nc3ccc(S(N)(=O)=O)cc3)c3c(C)nn(C4CCS(=O)(=O)C4)c3n2)cc1. The lowest BCUT2D eigenvalue weighted by molar-refractivity contribution is 0.102. The molecule has 12 heteroatoms. The molecule has 1 aliphatic heterocycles. The van der Waals surface area contributed by atoms with Gasteiger partial charge in [-0.15, -0.1) is 0 Å². The minimum Gasteiger partial charge on any atom is -0.322 e. The number of pyridine rings is 1. The standard InChI is InChI=1S/C25H25N5O5S2/c1-15-3-5-17(6-4-15)22-13-21(25(31)27-18-7-9-20(10-8-18)37(26,34)35)23-16(2)29-30(24(23)28-22)19-11-12-36(32,33)14-19/h3-10,13,19H,11-12,14H2,1-2H3,(H,27,31)(H2,26,34,35). The molecule has 1 saturated heterocycles. The summed E-state index contributed by atoms with van der Waals surface area (Å²) in [4.78, 5) is 18.3. The number of carbonyl (C=O) groups excluding carboxylic acids is 1. The first-order chi connectivity index (χ1) is 17.4. The molecule has 5 rings (SSSR count). The summed E-state index contributed by atoms with van der Waals surface area (Å²) in [5.41, 5.74) is 4.10. The maximum absolute atomic E-state index is 13.5. The highest BCUT2D eigenvalue weighted by Crippen LogP contribution is 2.32. The molecule has 10 nitrogen and oxygen atoms in total. The highest BCUT2D eigenvalue weighted by Gasteiger charge is 2.32. The highest BCUT2D eigenvalue weighted by atomic mass is 32.2. The molecule has 1 aliphatic rings. The molecule has 1 atom stereocenters. The van der Waals surface area contributed by atoms with Crippen LogP contribution in [0.2, 0.25) is 0 Å². The second-order valence-corrected chi connectivity index (χ2v) is 13.0. The number of aryl methyl sites for hydroxylation is 2. The number of anilines is 1. The number of fused-ring (bicyclic) bond motifs is 1. The number of aromatic nitrogens is 3. The number of amides is 1. The van der Waals surface area contributed by atoms with Crippen molar-refractivity contribution in [2.75, 3.05) is 16.8 Å². The van der Waals surface area contributed by atoms with Crippen molar-refractivity contribution in [2.45, 2.75) is 31.2 Å². The Morgan fingerprint density at radius 2 is 1.76 bits per heavy atom. The fraction of sp³-hybridized carbons (Fsp3) is 0.240. The number of benzene rings is 2. The van der Waals surface area contributed by atoms with E-state index in [2.05, 4.69) is 10.4 Å². The Labute approximate surface area is 214 Å². The average molecular weight is 540 g/mol. The van der Waals surface area contributed by atoms with Gasteiger partial charge in [-0.3, -0.25) is 4.79 Å². The van der Waals surface area contributed by atoms with E-state index in [-0.39, 0.29) is 22.4 Å². The number of carbonyl (C=O) groups is 1. The van der Waals surface area contributed by atoms with Crippen molar-refractivity contribution in [1.82, 2.24) is 14.8 Å². The molecule has 3 heterocycles. The maximum Gasteiger partial charge on any atom is 0.256 e. The van der Waals surface area contributed by atoms with Crippen molar-refractivity contribution in [3.05, 3.63) is 71.4 Å². The fourth-order valence-corrected chi connectivity index (χ4v) is 6.72. The average Bonchev–Trinajstić information content (AvgIpc) is 3.37. The Morgan fingerprint density at radius 1 is 1.08 bits per heavy atom. The third-order valence-electron chi connectivity index (χ3n) is 6.42. The molecule has 0 radical (unpaired) electrons. The second-order valence-electron chi connectivity index (χ2n) is 9.23. The largest absolute Gasteiger partial charge is 0.322 e. The molecule has 2 aromatic carbocycles. The summed E-state index contributed by atoms with van der Waals surface area (Å²) in [5, 5.41) is 13.1. The van der Waals surface area contributed by atoms with E-state index < -0.39 is 25.8 Å². The van der Waals surface area contributed by atoms with Crippen LogP contribution in [-0.2, 0) is 19.9 Å². The van der Waals surface area contributed by atoms with Crippen LogP contribution in [0.15, 0.2) is 59.5 Å². The van der Waals surface area contributed by atoms with Crippen molar-refractivity contribution >= 4 is 42.5 Å². The number of sulfonamides is 1. The van der Waals surface area contributed by atoms with Crippen LogP contribution >= 0.6 is 0 Å². The molecule has 2 aromatic heterocycles. The summed E-state index contributed by atoms with van der Waals surface area (Å²) in [6.07, 6.45) is 0.424. The Kier molecular flexibility index (Phi) is 6.13. The van der Waals surface area contributed by atoms with E-state index in [1.165, 1.54) is 24.3 Å². The molecule has 1 unspecified atom stereocenters. The number of primary sulfonamides is 1. The smallest absolute Gasteiger partial charge is 0.256 e. The molecule has 0 aliphatic carbocycles. The lowest BCUT2D eigenvalue weighted by atomic mass is 10.0. The summed E-state index contributed by atoms with van der Waals surface area (Å²) in [6, 6.07) is 14.6. The van der Waals surface area contributed by atoms with Gasteiger partial charge >= 0.3 is 0 Å². The van der Waals surface area contributed by atoms with Crippen LogP contribution in [0.1, 0.15) is 34.1 Å². The Morgan fingerprint density at radius 3 is 2.35 bits per heavy atom. The van der Waals surface area contributed by atoms with Gasteiger partial charge < -0.3 is 5.32 Å². The van der Waals surface area contributed by atoms with Crippen LogP contribution in [-0.4, -0.2) is 49.0 Å². The number of sulfone groups is 1.